The van der Waals surface area contributed by atoms with Crippen molar-refractivity contribution in [3.8, 4) is 11.5 Å². The zero-order valence-corrected chi connectivity index (χ0v) is 23.9. The molecule has 0 spiro atoms. The van der Waals surface area contributed by atoms with E-state index in [9.17, 15) is 18.7 Å². The molecular weight excluding hydrogens is 548 g/mol. The molecule has 0 saturated carbocycles. The van der Waals surface area contributed by atoms with Gasteiger partial charge < -0.3 is 19.5 Å². The van der Waals surface area contributed by atoms with Gasteiger partial charge in [0.05, 0.1) is 25.7 Å². The van der Waals surface area contributed by atoms with Crippen molar-refractivity contribution in [2.24, 2.45) is 0 Å². The second-order valence-electron chi connectivity index (χ2n) is 10.5. The van der Waals surface area contributed by atoms with Gasteiger partial charge in [0.25, 0.3) is 0 Å². The van der Waals surface area contributed by atoms with E-state index in [1.54, 1.807) is 48.4 Å². The third-order valence-electron chi connectivity index (χ3n) is 7.33. The number of carbonyl (C=O) groups excluding carboxylic acids is 1. The lowest BCUT2D eigenvalue weighted by Gasteiger charge is -2.38. The second kappa shape index (κ2) is 11.1. The van der Waals surface area contributed by atoms with E-state index in [1.807, 2.05) is 38.1 Å². The highest BCUT2D eigenvalue weighted by Crippen LogP contribution is 2.44. The van der Waals surface area contributed by atoms with Crippen molar-refractivity contribution in [2.45, 2.75) is 44.9 Å². The van der Waals surface area contributed by atoms with Crippen LogP contribution in [0.15, 0.2) is 78.9 Å². The van der Waals surface area contributed by atoms with Gasteiger partial charge in [-0.1, -0.05) is 41.9 Å². The Labute approximate surface area is 242 Å². The molecule has 0 aromatic heterocycles. The lowest BCUT2D eigenvalue weighted by molar-refractivity contribution is -0.118. The van der Waals surface area contributed by atoms with E-state index in [2.05, 4.69) is 0 Å². The fourth-order valence-corrected chi connectivity index (χ4v) is 5.37. The minimum Gasteiger partial charge on any atom is -0.493 e. The Hall–Kier alpha value is -3.94. The molecule has 8 heteroatoms. The van der Waals surface area contributed by atoms with Crippen molar-refractivity contribution in [3.05, 3.63) is 123 Å². The monoisotopic (exact) mass is 577 g/mol. The van der Waals surface area contributed by atoms with Gasteiger partial charge in [-0.3, -0.25) is 4.79 Å². The standard InChI is InChI=1S/C33H30ClF2NO4/c1-19(2)41-30-18-26-21(15-29(30)40-4)16-31(38)37(32(26)20-5-10-24(34)11-6-20)25-12-7-22(8-13-25)33(3,39)23-9-14-27(35)28(36)17-23/h5-15,17-19,32,39H,16H2,1-4H3/t32?,33-/m0/s1. The van der Waals surface area contributed by atoms with Gasteiger partial charge in [-0.15, -0.1) is 0 Å². The maximum absolute atomic E-state index is 13.9. The van der Waals surface area contributed by atoms with Gasteiger partial charge in [0.1, 0.15) is 5.60 Å². The van der Waals surface area contributed by atoms with Gasteiger partial charge >= 0.3 is 0 Å². The number of rotatable bonds is 7. The van der Waals surface area contributed by atoms with E-state index in [4.69, 9.17) is 21.1 Å². The van der Waals surface area contributed by atoms with Gasteiger partial charge in [-0.25, -0.2) is 8.78 Å². The molecular formula is C33H30ClF2NO4. The molecule has 1 heterocycles. The molecule has 1 aliphatic heterocycles. The van der Waals surface area contributed by atoms with E-state index >= 15 is 0 Å². The number of amides is 1. The first-order chi connectivity index (χ1) is 19.5. The van der Waals surface area contributed by atoms with Crippen LogP contribution in [0, 0.1) is 11.6 Å². The van der Waals surface area contributed by atoms with Crippen LogP contribution in [0.4, 0.5) is 14.5 Å². The van der Waals surface area contributed by atoms with E-state index in [0.29, 0.717) is 27.8 Å². The largest absolute Gasteiger partial charge is 0.493 e. The summed E-state index contributed by atoms with van der Waals surface area (Å²) in [5.41, 5.74) is 2.24. The zero-order valence-electron chi connectivity index (χ0n) is 23.1. The first-order valence-corrected chi connectivity index (χ1v) is 13.6. The molecule has 41 heavy (non-hydrogen) atoms. The number of hydrogen-bond acceptors (Lipinski definition) is 4. The SMILES string of the molecule is COc1cc2c(cc1OC(C)C)C(c1ccc(Cl)cc1)N(c1ccc([C@](C)(O)c3ccc(F)c(F)c3)cc1)C(=O)C2. The van der Waals surface area contributed by atoms with Gasteiger partial charge in [-0.2, -0.15) is 0 Å². The molecule has 0 bridgehead atoms. The molecule has 0 aliphatic carbocycles. The van der Waals surface area contributed by atoms with Crippen LogP contribution in [0.2, 0.25) is 5.02 Å². The first-order valence-electron chi connectivity index (χ1n) is 13.2. The Morgan fingerprint density at radius 3 is 2.20 bits per heavy atom. The minimum absolute atomic E-state index is 0.0906. The summed E-state index contributed by atoms with van der Waals surface area (Å²) in [7, 11) is 1.57. The number of ether oxygens (including phenoxy) is 2. The van der Waals surface area contributed by atoms with Crippen molar-refractivity contribution in [2.75, 3.05) is 12.0 Å². The summed E-state index contributed by atoms with van der Waals surface area (Å²) in [6.45, 7) is 5.38. The molecule has 5 rings (SSSR count). The lowest BCUT2D eigenvalue weighted by Crippen LogP contribution is -2.41. The number of anilines is 1. The van der Waals surface area contributed by atoms with Crippen LogP contribution in [-0.4, -0.2) is 24.2 Å². The average molecular weight is 578 g/mol. The highest BCUT2D eigenvalue weighted by molar-refractivity contribution is 6.30. The highest BCUT2D eigenvalue weighted by Gasteiger charge is 2.36. The van der Waals surface area contributed by atoms with E-state index in [0.717, 1.165) is 28.8 Å². The predicted molar refractivity (Wildman–Crippen MR) is 155 cm³/mol. The number of benzene rings is 4. The highest BCUT2D eigenvalue weighted by atomic mass is 35.5. The van der Waals surface area contributed by atoms with Crippen molar-refractivity contribution >= 4 is 23.2 Å². The predicted octanol–water partition coefficient (Wildman–Crippen LogP) is 7.35. The van der Waals surface area contributed by atoms with Crippen LogP contribution in [0.1, 0.15) is 54.6 Å². The van der Waals surface area contributed by atoms with Crippen LogP contribution in [-0.2, 0) is 16.8 Å². The smallest absolute Gasteiger partial charge is 0.232 e. The van der Waals surface area contributed by atoms with E-state index in [-0.39, 0.29) is 24.0 Å². The summed E-state index contributed by atoms with van der Waals surface area (Å²) >= 11 is 6.20. The van der Waals surface area contributed by atoms with Crippen molar-refractivity contribution < 1.29 is 28.2 Å². The topological polar surface area (TPSA) is 59.0 Å². The number of methoxy groups -OCH3 is 1. The van der Waals surface area contributed by atoms with Crippen molar-refractivity contribution in [1.29, 1.82) is 0 Å². The Kier molecular flexibility index (Phi) is 7.77. The van der Waals surface area contributed by atoms with Gasteiger partial charge in [0.2, 0.25) is 5.91 Å². The third-order valence-corrected chi connectivity index (χ3v) is 7.58. The zero-order chi connectivity index (χ0) is 29.5. The Morgan fingerprint density at radius 2 is 1.59 bits per heavy atom. The fraction of sp³-hybridized carbons (Fsp3) is 0.242. The normalized spacial score (nSPS) is 16.4. The van der Waals surface area contributed by atoms with Gasteiger partial charge in [0.15, 0.2) is 23.1 Å². The fourth-order valence-electron chi connectivity index (χ4n) is 5.24. The number of aliphatic hydroxyl groups is 1. The third kappa shape index (κ3) is 5.52. The number of halogens is 3. The van der Waals surface area contributed by atoms with E-state index in [1.165, 1.54) is 13.0 Å². The Balaban J connectivity index is 1.60. The van der Waals surface area contributed by atoms with E-state index < -0.39 is 23.3 Å². The molecule has 212 valence electrons. The molecule has 4 aromatic carbocycles. The molecule has 2 atom stereocenters. The molecule has 1 unspecified atom stereocenters. The maximum Gasteiger partial charge on any atom is 0.232 e. The van der Waals surface area contributed by atoms with Crippen LogP contribution < -0.4 is 14.4 Å². The second-order valence-corrected chi connectivity index (χ2v) is 10.9. The lowest BCUT2D eigenvalue weighted by atomic mass is 9.86. The summed E-state index contributed by atoms with van der Waals surface area (Å²) in [6, 6.07) is 20.8. The Morgan fingerprint density at radius 1 is 0.927 bits per heavy atom. The average Bonchev–Trinajstić information content (AvgIpc) is 2.94. The summed E-state index contributed by atoms with van der Waals surface area (Å²) in [5, 5.41) is 11.8. The quantitative estimate of drug-likeness (QED) is 0.249. The molecule has 5 nitrogen and oxygen atoms in total. The van der Waals surface area contributed by atoms with Crippen LogP contribution >= 0.6 is 11.6 Å². The number of carbonyl (C=O) groups is 1. The molecule has 1 amide bonds. The summed E-state index contributed by atoms with van der Waals surface area (Å²) in [6.07, 6.45) is 0.0543. The summed E-state index contributed by atoms with van der Waals surface area (Å²) < 4.78 is 39.1. The first kappa shape index (κ1) is 28.6. The maximum atomic E-state index is 13.9. The molecule has 1 N–H and O–H groups in total. The summed E-state index contributed by atoms with van der Waals surface area (Å²) in [5.74, 6) is -1.03. The number of nitrogens with zero attached hydrogens (tertiary/aromatic N) is 1. The van der Waals surface area contributed by atoms with Crippen LogP contribution in [0.3, 0.4) is 0 Å². The van der Waals surface area contributed by atoms with Crippen LogP contribution in [0.5, 0.6) is 11.5 Å². The van der Waals surface area contributed by atoms with Gasteiger partial charge in [0, 0.05) is 10.7 Å². The molecule has 1 aliphatic rings. The molecule has 4 aromatic rings. The van der Waals surface area contributed by atoms with Crippen molar-refractivity contribution in [3.63, 3.8) is 0 Å². The molecule has 0 radical (unpaired) electrons. The van der Waals surface area contributed by atoms with Crippen molar-refractivity contribution in [1.82, 2.24) is 0 Å². The Bertz CT molecular complexity index is 1590. The number of fused-ring (bicyclic) bond motifs is 1. The molecule has 0 fully saturated rings. The number of hydrogen-bond donors (Lipinski definition) is 1. The van der Waals surface area contributed by atoms with Crippen LogP contribution in [0.25, 0.3) is 0 Å². The summed E-state index contributed by atoms with van der Waals surface area (Å²) in [4.78, 5) is 15.5. The minimum atomic E-state index is -1.60. The molecule has 0 saturated heterocycles. The van der Waals surface area contributed by atoms with Gasteiger partial charge in [-0.05, 0) is 97.1 Å².